The van der Waals surface area contributed by atoms with Gasteiger partial charge in [0, 0.05) is 5.92 Å². The maximum absolute atomic E-state index is 13.6. The average molecular weight is 415 g/mol. The molecule has 6 aliphatic rings. The van der Waals surface area contributed by atoms with E-state index in [1.165, 1.54) is 12.8 Å². The largest absolute Gasteiger partial charge is 0.465 e. The maximum atomic E-state index is 13.6. The van der Waals surface area contributed by atoms with Gasteiger partial charge in [0.25, 0.3) is 0 Å². The number of rotatable bonds is 3. The summed E-state index contributed by atoms with van der Waals surface area (Å²) < 4.78 is 11.9. The van der Waals surface area contributed by atoms with Crippen LogP contribution in [0.5, 0.6) is 0 Å². The quantitative estimate of drug-likeness (QED) is 0.496. The normalized spacial score (nSPS) is 54.1. The molecular weight excluding hydrogens is 376 g/mol. The van der Waals surface area contributed by atoms with Crippen LogP contribution in [0, 0.1) is 69.5 Å². The molecule has 0 aromatic heterocycles. The minimum absolute atomic E-state index is 0.0357. The summed E-state index contributed by atoms with van der Waals surface area (Å²) in [7, 11) is 0. The van der Waals surface area contributed by atoms with E-state index in [9.17, 15) is 9.59 Å². The molecule has 0 spiro atoms. The highest BCUT2D eigenvalue weighted by Gasteiger charge is 2.73. The molecule has 1 heterocycles. The third kappa shape index (κ3) is 2.29. The highest BCUT2D eigenvalue weighted by atomic mass is 16.5. The minimum Gasteiger partial charge on any atom is -0.465 e. The van der Waals surface area contributed by atoms with Gasteiger partial charge in [-0.3, -0.25) is 9.59 Å². The summed E-state index contributed by atoms with van der Waals surface area (Å²) in [6.45, 7) is 14.1. The molecule has 0 aromatic rings. The van der Waals surface area contributed by atoms with Crippen molar-refractivity contribution in [3.63, 3.8) is 0 Å². The van der Waals surface area contributed by atoms with Crippen LogP contribution in [-0.4, -0.2) is 24.6 Å². The number of cyclic esters (lactones) is 1. The number of ether oxygens (including phenoxy) is 2. The predicted molar refractivity (Wildman–Crippen MR) is 112 cm³/mol. The third-order valence-electron chi connectivity index (χ3n) is 10.7. The molecule has 1 saturated heterocycles. The average Bonchev–Trinajstić information content (AvgIpc) is 3.21. The molecule has 166 valence electrons. The Kier molecular flexibility index (Phi) is 3.69. The molecule has 0 aromatic carbocycles. The molecule has 0 radical (unpaired) electrons. The lowest BCUT2D eigenvalue weighted by Crippen LogP contribution is -2.47. The summed E-state index contributed by atoms with van der Waals surface area (Å²) in [4.78, 5) is 26.0. The first-order chi connectivity index (χ1) is 14.0. The molecule has 6 rings (SSSR count). The molecule has 11 atom stereocenters. The van der Waals surface area contributed by atoms with Gasteiger partial charge in [-0.15, -0.1) is 0 Å². The molecule has 30 heavy (non-hydrogen) atoms. The van der Waals surface area contributed by atoms with Gasteiger partial charge in [-0.2, -0.15) is 0 Å². The zero-order valence-corrected chi connectivity index (χ0v) is 19.4. The number of hydrogen-bond acceptors (Lipinski definition) is 4. The fraction of sp³-hybridized carbons (Fsp3) is 0.923. The van der Waals surface area contributed by atoms with Crippen LogP contribution in [0.4, 0.5) is 0 Å². The zero-order valence-electron chi connectivity index (χ0n) is 19.4. The molecule has 4 nitrogen and oxygen atoms in total. The minimum atomic E-state index is -0.318. The number of hydrogen-bond donors (Lipinski definition) is 0. The van der Waals surface area contributed by atoms with Crippen molar-refractivity contribution in [2.24, 2.45) is 69.5 Å². The molecule has 5 saturated carbocycles. The highest BCUT2D eigenvalue weighted by Crippen LogP contribution is 2.73. The van der Waals surface area contributed by atoms with Crippen molar-refractivity contribution in [2.75, 3.05) is 6.61 Å². The summed E-state index contributed by atoms with van der Waals surface area (Å²) in [6.07, 6.45) is 4.30. The van der Waals surface area contributed by atoms with Gasteiger partial charge < -0.3 is 9.47 Å². The maximum Gasteiger partial charge on any atom is 0.312 e. The number of esters is 2. The van der Waals surface area contributed by atoms with E-state index in [-0.39, 0.29) is 40.2 Å². The van der Waals surface area contributed by atoms with Crippen LogP contribution in [0.1, 0.15) is 67.2 Å². The smallest absolute Gasteiger partial charge is 0.312 e. The predicted octanol–water partition coefficient (Wildman–Crippen LogP) is 4.71. The second-order valence-electron chi connectivity index (χ2n) is 13.7. The Bertz CT molecular complexity index is 808. The molecule has 6 fully saturated rings. The van der Waals surface area contributed by atoms with E-state index in [2.05, 4.69) is 41.5 Å². The molecule has 4 heteroatoms. The fourth-order valence-corrected chi connectivity index (χ4v) is 9.64. The van der Waals surface area contributed by atoms with Gasteiger partial charge in [-0.25, -0.2) is 0 Å². The Hall–Kier alpha value is -1.06. The van der Waals surface area contributed by atoms with Gasteiger partial charge in [0.15, 0.2) is 0 Å². The lowest BCUT2D eigenvalue weighted by molar-refractivity contribution is -0.169. The zero-order chi connectivity index (χ0) is 21.4. The first-order valence-electron chi connectivity index (χ1n) is 12.3. The van der Waals surface area contributed by atoms with Gasteiger partial charge >= 0.3 is 11.9 Å². The molecule has 4 bridgehead atoms. The Morgan fingerprint density at radius 1 is 1.07 bits per heavy atom. The van der Waals surface area contributed by atoms with Gasteiger partial charge in [0.1, 0.15) is 6.10 Å². The van der Waals surface area contributed by atoms with Gasteiger partial charge in [-0.05, 0) is 77.9 Å². The topological polar surface area (TPSA) is 52.6 Å². The summed E-state index contributed by atoms with van der Waals surface area (Å²) in [5.74, 6) is 4.74. The molecule has 5 aliphatic carbocycles. The van der Waals surface area contributed by atoms with Gasteiger partial charge in [0.2, 0.25) is 0 Å². The van der Waals surface area contributed by atoms with Crippen molar-refractivity contribution in [3.8, 4) is 0 Å². The van der Waals surface area contributed by atoms with Crippen LogP contribution in [-0.2, 0) is 19.1 Å². The molecular formula is C26H38O4. The number of carbonyl (C=O) groups is 2. The van der Waals surface area contributed by atoms with Crippen LogP contribution < -0.4 is 0 Å². The van der Waals surface area contributed by atoms with Crippen molar-refractivity contribution in [1.82, 2.24) is 0 Å². The SMILES string of the molecule is CC1C2CC(C1OC(=O)C1(CC(C)(C)C)CC1(C)C)C1C3CC(C4COC(=O)C43)C21. The lowest BCUT2D eigenvalue weighted by atomic mass is 9.61. The van der Waals surface area contributed by atoms with Gasteiger partial charge in [-0.1, -0.05) is 41.5 Å². The molecule has 0 N–H and O–H groups in total. The first-order valence-corrected chi connectivity index (χ1v) is 12.3. The standard InChI is InChI=1S/C26H38O4/c1-12-13-7-16(19-15-8-14(18(13)19)17-9-29-22(27)20(15)17)21(12)30-23(28)26(10-24(2,3)4)11-25(26,5)6/h12-21H,7-11H2,1-6H3. The summed E-state index contributed by atoms with van der Waals surface area (Å²) in [5.41, 5.74) is -0.171. The van der Waals surface area contributed by atoms with Crippen LogP contribution in [0.15, 0.2) is 0 Å². The first kappa shape index (κ1) is 19.6. The van der Waals surface area contributed by atoms with E-state index in [1.54, 1.807) is 0 Å². The van der Waals surface area contributed by atoms with Crippen molar-refractivity contribution in [3.05, 3.63) is 0 Å². The Balaban J connectivity index is 1.24. The van der Waals surface area contributed by atoms with Crippen molar-refractivity contribution in [1.29, 1.82) is 0 Å². The van der Waals surface area contributed by atoms with E-state index in [4.69, 9.17) is 9.47 Å². The summed E-state index contributed by atoms with van der Waals surface area (Å²) in [5, 5.41) is 0. The van der Waals surface area contributed by atoms with Crippen LogP contribution in [0.2, 0.25) is 0 Å². The Morgan fingerprint density at radius 3 is 2.33 bits per heavy atom. The third-order valence-corrected chi connectivity index (χ3v) is 10.7. The Labute approximate surface area is 180 Å². The van der Waals surface area contributed by atoms with Crippen LogP contribution in [0.3, 0.4) is 0 Å². The van der Waals surface area contributed by atoms with E-state index in [1.807, 2.05) is 0 Å². The lowest BCUT2D eigenvalue weighted by Gasteiger charge is -2.44. The van der Waals surface area contributed by atoms with E-state index in [0.717, 1.165) is 18.8 Å². The molecule has 1 aliphatic heterocycles. The second-order valence-corrected chi connectivity index (χ2v) is 13.7. The summed E-state index contributed by atoms with van der Waals surface area (Å²) >= 11 is 0. The van der Waals surface area contributed by atoms with Crippen LogP contribution in [0.25, 0.3) is 0 Å². The van der Waals surface area contributed by atoms with E-state index in [0.29, 0.717) is 48.0 Å². The molecule has 0 amide bonds. The second kappa shape index (κ2) is 5.64. The van der Waals surface area contributed by atoms with E-state index < -0.39 is 0 Å². The fourth-order valence-electron chi connectivity index (χ4n) is 9.64. The van der Waals surface area contributed by atoms with Crippen molar-refractivity contribution < 1.29 is 19.1 Å². The van der Waals surface area contributed by atoms with Crippen molar-refractivity contribution in [2.45, 2.75) is 73.3 Å². The number of carbonyl (C=O) groups excluding carboxylic acids is 2. The van der Waals surface area contributed by atoms with E-state index >= 15 is 0 Å². The summed E-state index contributed by atoms with van der Waals surface area (Å²) in [6, 6.07) is 0. The Morgan fingerprint density at radius 2 is 1.70 bits per heavy atom. The molecule has 11 unspecified atom stereocenters. The monoisotopic (exact) mass is 414 g/mol. The van der Waals surface area contributed by atoms with Crippen LogP contribution >= 0.6 is 0 Å². The van der Waals surface area contributed by atoms with Crippen molar-refractivity contribution >= 4 is 11.9 Å². The van der Waals surface area contributed by atoms with Gasteiger partial charge in [0.05, 0.1) is 17.9 Å². The highest BCUT2D eigenvalue weighted by molar-refractivity contribution is 5.82. The number of fused-ring (bicyclic) bond motifs is 12.